The topological polar surface area (TPSA) is 69.8 Å². The Hall–Kier alpha value is -1.36. The number of hydrogen-bond acceptors (Lipinski definition) is 3. The van der Waals surface area contributed by atoms with Crippen molar-refractivity contribution in [3.8, 4) is 0 Å². The van der Waals surface area contributed by atoms with E-state index >= 15 is 0 Å². The maximum Gasteiger partial charge on any atom is 0.237 e. The van der Waals surface area contributed by atoms with E-state index in [2.05, 4.69) is 20.8 Å². The molecule has 1 aromatic heterocycles. The monoisotopic (exact) mass is 224 g/mol. The fourth-order valence-corrected chi connectivity index (χ4v) is 1.21. The van der Waals surface area contributed by atoms with E-state index in [4.69, 9.17) is 0 Å². The van der Waals surface area contributed by atoms with Crippen molar-refractivity contribution in [3.63, 3.8) is 0 Å². The molecule has 2 unspecified atom stereocenters. The molecule has 0 aliphatic carbocycles. The lowest BCUT2D eigenvalue weighted by atomic mass is 10.2. The largest absolute Gasteiger partial charge is 0.352 e. The van der Waals surface area contributed by atoms with Gasteiger partial charge in [0.1, 0.15) is 0 Å². The molecule has 5 nitrogen and oxygen atoms in total. The van der Waals surface area contributed by atoms with Gasteiger partial charge in [0.25, 0.3) is 0 Å². The van der Waals surface area contributed by atoms with Crippen molar-refractivity contribution in [2.24, 2.45) is 0 Å². The number of carbonyl (C=O) groups excluding carboxylic acids is 1. The van der Waals surface area contributed by atoms with Gasteiger partial charge in [-0.2, -0.15) is 5.10 Å². The van der Waals surface area contributed by atoms with E-state index in [1.54, 1.807) is 6.20 Å². The summed E-state index contributed by atoms with van der Waals surface area (Å²) in [7, 11) is 0. The molecule has 3 N–H and O–H groups in total. The first-order valence-corrected chi connectivity index (χ1v) is 5.65. The quantitative estimate of drug-likeness (QED) is 0.669. The van der Waals surface area contributed by atoms with Crippen LogP contribution in [0.25, 0.3) is 0 Å². The Balaban J connectivity index is 2.29. The molecular weight excluding hydrogens is 204 g/mol. The molecule has 1 aromatic rings. The average molecular weight is 224 g/mol. The SMILES string of the molecule is CCC(C)NC(=O)C(C)NCc1ccn[nH]1. The minimum atomic E-state index is -0.197. The van der Waals surface area contributed by atoms with Crippen LogP contribution < -0.4 is 10.6 Å². The Morgan fingerprint density at radius 3 is 2.88 bits per heavy atom. The molecule has 0 aromatic carbocycles. The number of aromatic nitrogens is 2. The molecule has 16 heavy (non-hydrogen) atoms. The number of aromatic amines is 1. The normalized spacial score (nSPS) is 14.4. The summed E-state index contributed by atoms with van der Waals surface area (Å²) in [5, 5.41) is 12.7. The molecule has 5 heteroatoms. The molecule has 1 amide bonds. The Kier molecular flexibility index (Phi) is 4.98. The van der Waals surface area contributed by atoms with Gasteiger partial charge in [-0.3, -0.25) is 9.89 Å². The van der Waals surface area contributed by atoms with Crippen LogP contribution in [-0.4, -0.2) is 28.2 Å². The van der Waals surface area contributed by atoms with E-state index < -0.39 is 0 Å². The van der Waals surface area contributed by atoms with Crippen LogP contribution in [0.15, 0.2) is 12.3 Å². The maximum absolute atomic E-state index is 11.7. The zero-order valence-electron chi connectivity index (χ0n) is 10.1. The lowest BCUT2D eigenvalue weighted by molar-refractivity contribution is -0.123. The summed E-state index contributed by atoms with van der Waals surface area (Å²) in [4.78, 5) is 11.7. The van der Waals surface area contributed by atoms with Crippen molar-refractivity contribution < 1.29 is 4.79 Å². The first-order chi connectivity index (χ1) is 7.63. The van der Waals surface area contributed by atoms with Gasteiger partial charge in [0.2, 0.25) is 5.91 Å². The lowest BCUT2D eigenvalue weighted by Crippen LogP contribution is -2.45. The van der Waals surface area contributed by atoms with E-state index in [0.29, 0.717) is 6.54 Å². The van der Waals surface area contributed by atoms with Crippen molar-refractivity contribution in [2.45, 2.75) is 45.8 Å². The van der Waals surface area contributed by atoms with Crippen molar-refractivity contribution in [3.05, 3.63) is 18.0 Å². The molecule has 0 aliphatic heterocycles. The van der Waals surface area contributed by atoms with E-state index in [1.807, 2.05) is 26.8 Å². The van der Waals surface area contributed by atoms with Gasteiger partial charge in [-0.1, -0.05) is 6.92 Å². The molecule has 1 rings (SSSR count). The minimum Gasteiger partial charge on any atom is -0.352 e. The third kappa shape index (κ3) is 4.02. The molecule has 90 valence electrons. The maximum atomic E-state index is 11.7. The molecule has 0 aliphatic rings. The Bertz CT molecular complexity index is 310. The number of nitrogens with zero attached hydrogens (tertiary/aromatic N) is 1. The Morgan fingerprint density at radius 1 is 1.56 bits per heavy atom. The highest BCUT2D eigenvalue weighted by molar-refractivity contribution is 5.81. The lowest BCUT2D eigenvalue weighted by Gasteiger charge is -2.17. The highest BCUT2D eigenvalue weighted by Crippen LogP contribution is 1.94. The van der Waals surface area contributed by atoms with E-state index in [9.17, 15) is 4.79 Å². The first-order valence-electron chi connectivity index (χ1n) is 5.65. The predicted octanol–water partition coefficient (Wildman–Crippen LogP) is 0.802. The van der Waals surface area contributed by atoms with Gasteiger partial charge in [-0.25, -0.2) is 0 Å². The summed E-state index contributed by atoms with van der Waals surface area (Å²) < 4.78 is 0. The number of rotatable bonds is 6. The smallest absolute Gasteiger partial charge is 0.237 e. The number of hydrogen-bond donors (Lipinski definition) is 3. The summed E-state index contributed by atoms with van der Waals surface area (Å²) >= 11 is 0. The van der Waals surface area contributed by atoms with Crippen molar-refractivity contribution in [1.82, 2.24) is 20.8 Å². The van der Waals surface area contributed by atoms with Crippen molar-refractivity contribution in [1.29, 1.82) is 0 Å². The van der Waals surface area contributed by atoms with E-state index in [1.165, 1.54) is 0 Å². The standard InChI is InChI=1S/C11H20N4O/c1-4-8(2)14-11(16)9(3)12-7-10-5-6-13-15-10/h5-6,8-9,12H,4,7H2,1-3H3,(H,13,15)(H,14,16). The Morgan fingerprint density at radius 2 is 2.31 bits per heavy atom. The second-order valence-corrected chi connectivity index (χ2v) is 4.00. The van der Waals surface area contributed by atoms with Gasteiger partial charge >= 0.3 is 0 Å². The summed E-state index contributed by atoms with van der Waals surface area (Å²) in [6.07, 6.45) is 2.64. The fraction of sp³-hybridized carbons (Fsp3) is 0.636. The van der Waals surface area contributed by atoms with Crippen LogP contribution >= 0.6 is 0 Å². The van der Waals surface area contributed by atoms with E-state index in [0.717, 1.165) is 12.1 Å². The van der Waals surface area contributed by atoms with Crippen molar-refractivity contribution >= 4 is 5.91 Å². The van der Waals surface area contributed by atoms with Gasteiger partial charge in [0.05, 0.1) is 6.04 Å². The van der Waals surface area contributed by atoms with Crippen LogP contribution in [0.4, 0.5) is 0 Å². The zero-order chi connectivity index (χ0) is 12.0. The molecule has 2 atom stereocenters. The van der Waals surface area contributed by atoms with Gasteiger partial charge in [-0.15, -0.1) is 0 Å². The number of amides is 1. The average Bonchev–Trinajstić information content (AvgIpc) is 2.78. The number of H-pyrrole nitrogens is 1. The molecule has 1 heterocycles. The third-order valence-corrected chi connectivity index (χ3v) is 2.55. The minimum absolute atomic E-state index is 0.0360. The number of carbonyl (C=O) groups is 1. The van der Waals surface area contributed by atoms with Crippen molar-refractivity contribution in [2.75, 3.05) is 0 Å². The zero-order valence-corrected chi connectivity index (χ0v) is 10.1. The molecule has 0 radical (unpaired) electrons. The van der Waals surface area contributed by atoms with Crippen LogP contribution in [0.2, 0.25) is 0 Å². The summed E-state index contributed by atoms with van der Waals surface area (Å²) in [5.41, 5.74) is 0.975. The summed E-state index contributed by atoms with van der Waals surface area (Å²) in [5.74, 6) is 0.0360. The first kappa shape index (κ1) is 12.7. The summed E-state index contributed by atoms with van der Waals surface area (Å²) in [6, 6.07) is 1.91. The fourth-order valence-electron chi connectivity index (χ4n) is 1.21. The van der Waals surface area contributed by atoms with Gasteiger partial charge < -0.3 is 10.6 Å². The molecule has 0 saturated heterocycles. The highest BCUT2D eigenvalue weighted by Gasteiger charge is 2.13. The third-order valence-electron chi connectivity index (χ3n) is 2.55. The van der Waals surface area contributed by atoms with Crippen LogP contribution in [0.3, 0.4) is 0 Å². The van der Waals surface area contributed by atoms with Gasteiger partial charge in [-0.05, 0) is 26.3 Å². The Labute approximate surface area is 96.0 Å². The molecule has 0 spiro atoms. The second kappa shape index (κ2) is 6.27. The van der Waals surface area contributed by atoms with E-state index in [-0.39, 0.29) is 18.0 Å². The second-order valence-electron chi connectivity index (χ2n) is 4.00. The van der Waals surface area contributed by atoms with Crippen LogP contribution in [0.5, 0.6) is 0 Å². The molecule has 0 bridgehead atoms. The molecular formula is C11H20N4O. The summed E-state index contributed by atoms with van der Waals surface area (Å²) in [6.45, 7) is 6.52. The predicted molar refractivity (Wildman–Crippen MR) is 62.8 cm³/mol. The van der Waals surface area contributed by atoms with Gasteiger partial charge in [0.15, 0.2) is 0 Å². The van der Waals surface area contributed by atoms with Crippen LogP contribution in [0, 0.1) is 0 Å². The van der Waals surface area contributed by atoms with Gasteiger partial charge in [0, 0.05) is 24.5 Å². The molecule has 0 saturated carbocycles. The highest BCUT2D eigenvalue weighted by atomic mass is 16.2. The van der Waals surface area contributed by atoms with Crippen LogP contribution in [-0.2, 0) is 11.3 Å². The molecule has 0 fully saturated rings. The van der Waals surface area contributed by atoms with Crippen LogP contribution in [0.1, 0.15) is 32.9 Å². The number of nitrogens with one attached hydrogen (secondary N) is 3.